The lowest BCUT2D eigenvalue weighted by Gasteiger charge is -2.26. The summed E-state index contributed by atoms with van der Waals surface area (Å²) in [5.41, 5.74) is 3.68. The van der Waals surface area contributed by atoms with E-state index < -0.39 is 10.0 Å². The Kier molecular flexibility index (Phi) is 7.39. The van der Waals surface area contributed by atoms with E-state index in [1.807, 2.05) is 43.3 Å². The fourth-order valence-electron chi connectivity index (χ4n) is 4.05. The smallest absolute Gasteiger partial charge is 0.255 e. The molecule has 0 atom stereocenters. The first-order valence-electron chi connectivity index (χ1n) is 11.2. The number of amides is 1. The van der Waals surface area contributed by atoms with Gasteiger partial charge < -0.3 is 19.5 Å². The molecule has 1 aliphatic heterocycles. The summed E-state index contributed by atoms with van der Waals surface area (Å²) in [5.74, 6) is 0.620. The highest BCUT2D eigenvalue weighted by Crippen LogP contribution is 2.31. The Bertz CT molecular complexity index is 1320. The minimum atomic E-state index is -3.74. The molecule has 35 heavy (non-hydrogen) atoms. The van der Waals surface area contributed by atoms with E-state index >= 15 is 0 Å². The molecule has 1 aliphatic rings. The summed E-state index contributed by atoms with van der Waals surface area (Å²) in [6.07, 6.45) is 0. The van der Waals surface area contributed by atoms with Crippen LogP contribution in [0.25, 0.3) is 11.1 Å². The van der Waals surface area contributed by atoms with Gasteiger partial charge in [0.25, 0.3) is 5.91 Å². The summed E-state index contributed by atoms with van der Waals surface area (Å²) in [6, 6.07) is 17.7. The Morgan fingerprint density at radius 2 is 1.69 bits per heavy atom. The first-order chi connectivity index (χ1) is 16.8. The largest absolute Gasteiger partial charge is 0.497 e. The summed E-state index contributed by atoms with van der Waals surface area (Å²) in [5, 5.41) is 2.86. The summed E-state index contributed by atoms with van der Waals surface area (Å²) in [6.45, 7) is 3.17. The van der Waals surface area contributed by atoms with Crippen LogP contribution in [0, 0.1) is 6.92 Å². The maximum absolute atomic E-state index is 13.1. The van der Waals surface area contributed by atoms with Gasteiger partial charge in [0.15, 0.2) is 0 Å². The zero-order chi connectivity index (χ0) is 25.0. The average molecular weight is 497 g/mol. The minimum absolute atomic E-state index is 0.0533. The van der Waals surface area contributed by atoms with Gasteiger partial charge in [0.2, 0.25) is 10.0 Å². The zero-order valence-corrected chi connectivity index (χ0v) is 20.7. The number of methoxy groups -OCH3 is 2. The number of carbonyl (C=O) groups excluding carboxylic acids is 1. The maximum Gasteiger partial charge on any atom is 0.255 e. The second kappa shape index (κ2) is 10.5. The van der Waals surface area contributed by atoms with Gasteiger partial charge in [-0.1, -0.05) is 24.3 Å². The van der Waals surface area contributed by atoms with Crippen molar-refractivity contribution in [3.8, 4) is 22.6 Å². The molecule has 0 saturated carbocycles. The Morgan fingerprint density at radius 3 is 2.34 bits per heavy atom. The van der Waals surface area contributed by atoms with E-state index in [9.17, 15) is 13.2 Å². The molecule has 3 aromatic carbocycles. The highest BCUT2D eigenvalue weighted by Gasteiger charge is 2.29. The standard InChI is InChI=1S/C26H28N2O6S/c1-18-22(19-7-10-21(32-2)11-8-19)5-4-6-23(18)26(29)27-20-9-12-25(24(17-20)33-3)35(30,31)28-13-15-34-16-14-28/h4-12,17H,13-16H2,1-3H3,(H,27,29). The molecule has 1 fully saturated rings. The Labute approximate surface area is 205 Å². The molecule has 9 heteroatoms. The molecular weight excluding hydrogens is 468 g/mol. The third-order valence-corrected chi connectivity index (χ3v) is 7.93. The molecule has 8 nitrogen and oxygen atoms in total. The van der Waals surface area contributed by atoms with Gasteiger partial charge in [-0.15, -0.1) is 0 Å². The summed E-state index contributed by atoms with van der Waals surface area (Å²) in [4.78, 5) is 13.2. The van der Waals surface area contributed by atoms with Crippen LogP contribution in [0.1, 0.15) is 15.9 Å². The second-order valence-electron chi connectivity index (χ2n) is 8.04. The molecule has 0 spiro atoms. The highest BCUT2D eigenvalue weighted by atomic mass is 32.2. The van der Waals surface area contributed by atoms with Crippen LogP contribution < -0.4 is 14.8 Å². The zero-order valence-electron chi connectivity index (χ0n) is 19.9. The Morgan fingerprint density at radius 1 is 0.971 bits per heavy atom. The number of ether oxygens (including phenoxy) is 3. The van der Waals surface area contributed by atoms with E-state index in [2.05, 4.69) is 5.32 Å². The number of rotatable bonds is 7. The highest BCUT2D eigenvalue weighted by molar-refractivity contribution is 7.89. The van der Waals surface area contributed by atoms with Gasteiger partial charge in [-0.25, -0.2) is 8.42 Å². The topological polar surface area (TPSA) is 94.2 Å². The van der Waals surface area contributed by atoms with Crippen molar-refractivity contribution >= 4 is 21.6 Å². The van der Waals surface area contributed by atoms with E-state index in [-0.39, 0.29) is 29.6 Å². The molecule has 1 saturated heterocycles. The van der Waals surface area contributed by atoms with Gasteiger partial charge in [0.05, 0.1) is 27.4 Å². The van der Waals surface area contributed by atoms with Crippen LogP contribution in [0.15, 0.2) is 65.6 Å². The molecule has 1 N–H and O–H groups in total. The average Bonchev–Trinajstić information content (AvgIpc) is 2.89. The third-order valence-electron chi connectivity index (χ3n) is 5.99. The predicted octanol–water partition coefficient (Wildman–Crippen LogP) is 3.95. The molecule has 0 bridgehead atoms. The van der Waals surface area contributed by atoms with Crippen LogP contribution in [0.3, 0.4) is 0 Å². The molecular formula is C26H28N2O6S. The lowest BCUT2D eigenvalue weighted by atomic mass is 9.96. The number of carbonyl (C=O) groups is 1. The predicted molar refractivity (Wildman–Crippen MR) is 134 cm³/mol. The van der Waals surface area contributed by atoms with Gasteiger partial charge in [-0.2, -0.15) is 4.31 Å². The van der Waals surface area contributed by atoms with Crippen molar-refractivity contribution in [1.82, 2.24) is 4.31 Å². The Hall–Kier alpha value is -3.40. The lowest BCUT2D eigenvalue weighted by Crippen LogP contribution is -2.40. The van der Waals surface area contributed by atoms with Crippen molar-refractivity contribution in [1.29, 1.82) is 0 Å². The van der Waals surface area contributed by atoms with Gasteiger partial charge in [-0.05, 0) is 53.9 Å². The summed E-state index contributed by atoms with van der Waals surface area (Å²) < 4.78 is 43.4. The second-order valence-corrected chi connectivity index (χ2v) is 9.95. The van der Waals surface area contributed by atoms with E-state index in [4.69, 9.17) is 14.2 Å². The van der Waals surface area contributed by atoms with Crippen molar-refractivity contribution in [2.24, 2.45) is 0 Å². The normalized spacial score (nSPS) is 14.4. The molecule has 1 heterocycles. The van der Waals surface area contributed by atoms with Crippen molar-refractivity contribution in [2.45, 2.75) is 11.8 Å². The summed E-state index contributed by atoms with van der Waals surface area (Å²) in [7, 11) is -0.723. The minimum Gasteiger partial charge on any atom is -0.497 e. The van der Waals surface area contributed by atoms with Gasteiger partial charge in [0, 0.05) is 30.4 Å². The van der Waals surface area contributed by atoms with Gasteiger partial charge in [0.1, 0.15) is 16.4 Å². The number of hydrogen-bond acceptors (Lipinski definition) is 6. The Balaban J connectivity index is 1.58. The van der Waals surface area contributed by atoms with Crippen molar-refractivity contribution in [3.63, 3.8) is 0 Å². The molecule has 0 aliphatic carbocycles. The van der Waals surface area contributed by atoms with E-state index in [1.54, 1.807) is 19.2 Å². The summed E-state index contributed by atoms with van der Waals surface area (Å²) >= 11 is 0. The molecule has 0 aromatic heterocycles. The molecule has 184 valence electrons. The monoisotopic (exact) mass is 496 g/mol. The van der Waals surface area contributed by atoms with E-state index in [0.29, 0.717) is 24.5 Å². The van der Waals surface area contributed by atoms with Crippen LogP contribution in [0.5, 0.6) is 11.5 Å². The van der Waals surface area contributed by atoms with Gasteiger partial charge >= 0.3 is 0 Å². The van der Waals surface area contributed by atoms with Crippen molar-refractivity contribution in [3.05, 3.63) is 71.8 Å². The SMILES string of the molecule is COc1ccc(-c2cccc(C(=O)Nc3ccc(S(=O)(=O)N4CCOCC4)c(OC)c3)c2C)cc1. The lowest BCUT2D eigenvalue weighted by molar-refractivity contribution is 0.0729. The number of sulfonamides is 1. The van der Waals surface area contributed by atoms with Crippen LogP contribution in [-0.2, 0) is 14.8 Å². The van der Waals surface area contributed by atoms with Crippen LogP contribution in [0.2, 0.25) is 0 Å². The molecule has 0 radical (unpaired) electrons. The fourth-order valence-corrected chi connectivity index (χ4v) is 5.59. The number of nitrogens with zero attached hydrogens (tertiary/aromatic N) is 1. The number of benzene rings is 3. The van der Waals surface area contributed by atoms with Crippen LogP contribution in [-0.4, -0.2) is 59.2 Å². The van der Waals surface area contributed by atoms with Crippen LogP contribution in [0.4, 0.5) is 5.69 Å². The first kappa shape index (κ1) is 24.7. The first-order valence-corrected chi connectivity index (χ1v) is 12.6. The quantitative estimate of drug-likeness (QED) is 0.532. The van der Waals surface area contributed by atoms with Crippen molar-refractivity contribution in [2.75, 3.05) is 45.8 Å². The number of nitrogens with one attached hydrogen (secondary N) is 1. The molecule has 4 rings (SSSR count). The molecule has 3 aromatic rings. The molecule has 0 unspecified atom stereocenters. The van der Waals surface area contributed by atoms with E-state index in [0.717, 1.165) is 22.4 Å². The fraction of sp³-hybridized carbons (Fsp3) is 0.269. The van der Waals surface area contributed by atoms with E-state index in [1.165, 1.54) is 23.5 Å². The molecule has 1 amide bonds. The number of morpholine rings is 1. The van der Waals surface area contributed by atoms with Crippen LogP contribution >= 0.6 is 0 Å². The number of anilines is 1. The van der Waals surface area contributed by atoms with Crippen molar-refractivity contribution < 1.29 is 27.4 Å². The number of hydrogen-bond donors (Lipinski definition) is 1. The maximum atomic E-state index is 13.1. The third kappa shape index (κ3) is 5.17. The van der Waals surface area contributed by atoms with Gasteiger partial charge in [-0.3, -0.25) is 4.79 Å².